The van der Waals surface area contributed by atoms with Gasteiger partial charge in [-0.05, 0) is 42.0 Å². The first-order chi connectivity index (χ1) is 13.5. The molecule has 0 saturated carbocycles. The van der Waals surface area contributed by atoms with E-state index in [1.165, 1.54) is 23.5 Å². The van der Waals surface area contributed by atoms with Crippen molar-refractivity contribution >= 4 is 51.9 Å². The molecule has 0 aliphatic carbocycles. The zero-order chi connectivity index (χ0) is 20.1. The molecular weight excluding hydrogens is 417 g/mol. The van der Waals surface area contributed by atoms with Crippen LogP contribution in [0.15, 0.2) is 60.0 Å². The Bertz CT molecular complexity index is 1130. The van der Waals surface area contributed by atoms with E-state index in [1.807, 2.05) is 5.38 Å². The summed E-state index contributed by atoms with van der Waals surface area (Å²) in [4.78, 5) is 14.7. The standard InChI is InChI=1S/C20H11Cl2N3O2S/c21-15-6-9-17(18(22)10-15)19-12-28-20(24-19)14(11-23)3-1-2-13-4-7-16(8-5-13)25(26)27/h1-10,12H. The lowest BCUT2D eigenvalue weighted by molar-refractivity contribution is -0.384. The smallest absolute Gasteiger partial charge is 0.258 e. The normalized spacial score (nSPS) is 11.5. The average molecular weight is 428 g/mol. The Kier molecular flexibility index (Phi) is 6.22. The molecule has 0 fully saturated rings. The van der Waals surface area contributed by atoms with E-state index in [1.54, 1.807) is 48.6 Å². The molecule has 0 spiro atoms. The maximum Gasteiger partial charge on any atom is 0.269 e. The van der Waals surface area contributed by atoms with Crippen LogP contribution >= 0.6 is 34.5 Å². The highest BCUT2D eigenvalue weighted by atomic mass is 35.5. The number of thiazole rings is 1. The molecule has 1 aromatic heterocycles. The van der Waals surface area contributed by atoms with Crippen molar-refractivity contribution in [3.05, 3.63) is 90.7 Å². The minimum atomic E-state index is -0.450. The first-order valence-corrected chi connectivity index (χ1v) is 9.56. The molecule has 8 heteroatoms. The van der Waals surface area contributed by atoms with Crippen molar-refractivity contribution in [3.63, 3.8) is 0 Å². The molecule has 0 radical (unpaired) electrons. The number of non-ortho nitro benzene ring substituents is 1. The van der Waals surface area contributed by atoms with Gasteiger partial charge >= 0.3 is 0 Å². The highest BCUT2D eigenvalue weighted by Crippen LogP contribution is 2.32. The topological polar surface area (TPSA) is 79.8 Å². The first kappa shape index (κ1) is 19.8. The minimum absolute atomic E-state index is 0.0292. The lowest BCUT2D eigenvalue weighted by Crippen LogP contribution is -1.86. The molecule has 3 aromatic rings. The maximum atomic E-state index is 10.7. The lowest BCUT2D eigenvalue weighted by Gasteiger charge is -2.00. The van der Waals surface area contributed by atoms with Gasteiger partial charge in [0.25, 0.3) is 5.69 Å². The second-order valence-electron chi connectivity index (χ2n) is 5.56. The van der Waals surface area contributed by atoms with Gasteiger partial charge in [0.15, 0.2) is 0 Å². The summed E-state index contributed by atoms with van der Waals surface area (Å²) < 4.78 is 0. The summed E-state index contributed by atoms with van der Waals surface area (Å²) in [5.74, 6) is 0. The number of nitro groups is 1. The van der Waals surface area contributed by atoms with Crippen LogP contribution in [0.2, 0.25) is 10.0 Å². The van der Waals surface area contributed by atoms with E-state index in [9.17, 15) is 15.4 Å². The molecule has 138 valence electrons. The molecular formula is C20H11Cl2N3O2S. The Morgan fingerprint density at radius 3 is 2.61 bits per heavy atom. The van der Waals surface area contributed by atoms with Crippen LogP contribution in [-0.4, -0.2) is 9.91 Å². The Balaban J connectivity index is 1.81. The van der Waals surface area contributed by atoms with Gasteiger partial charge in [-0.2, -0.15) is 5.26 Å². The van der Waals surface area contributed by atoms with E-state index in [-0.39, 0.29) is 5.69 Å². The highest BCUT2D eigenvalue weighted by molar-refractivity contribution is 7.11. The molecule has 28 heavy (non-hydrogen) atoms. The van der Waals surface area contributed by atoms with Crippen LogP contribution in [0.25, 0.3) is 22.9 Å². The van der Waals surface area contributed by atoms with Crippen LogP contribution in [-0.2, 0) is 0 Å². The average Bonchev–Trinajstić information content (AvgIpc) is 3.15. The van der Waals surface area contributed by atoms with Crippen LogP contribution in [0, 0.1) is 21.4 Å². The Labute approximate surface area is 175 Å². The van der Waals surface area contributed by atoms with Crippen LogP contribution in [0.1, 0.15) is 10.6 Å². The van der Waals surface area contributed by atoms with Crippen molar-refractivity contribution in [2.75, 3.05) is 0 Å². The van der Waals surface area contributed by atoms with Gasteiger partial charge in [-0.25, -0.2) is 4.98 Å². The van der Waals surface area contributed by atoms with E-state index in [0.29, 0.717) is 26.3 Å². The number of allylic oxidation sites excluding steroid dienone is 3. The molecule has 0 amide bonds. The molecule has 0 aliphatic heterocycles. The SMILES string of the molecule is N#CC(=CC=Cc1ccc([N+](=O)[O-])cc1)c1nc(-c2ccc(Cl)cc2Cl)cs1. The van der Waals surface area contributed by atoms with Gasteiger partial charge in [-0.15, -0.1) is 11.3 Å². The number of nitro benzene ring substituents is 1. The van der Waals surface area contributed by atoms with E-state index in [4.69, 9.17) is 23.2 Å². The molecule has 0 saturated heterocycles. The van der Waals surface area contributed by atoms with Crippen molar-refractivity contribution in [3.8, 4) is 17.3 Å². The number of nitriles is 1. The number of rotatable bonds is 5. The van der Waals surface area contributed by atoms with Crippen LogP contribution in [0.3, 0.4) is 0 Å². The van der Waals surface area contributed by atoms with E-state index < -0.39 is 4.92 Å². The summed E-state index contributed by atoms with van der Waals surface area (Å²) in [6.45, 7) is 0. The second-order valence-corrected chi connectivity index (χ2v) is 7.26. The van der Waals surface area contributed by atoms with Gasteiger partial charge < -0.3 is 0 Å². The number of nitrogens with zero attached hydrogens (tertiary/aromatic N) is 3. The molecule has 0 bridgehead atoms. The number of halogens is 2. The van der Waals surface area contributed by atoms with Gasteiger partial charge in [-0.3, -0.25) is 10.1 Å². The highest BCUT2D eigenvalue weighted by Gasteiger charge is 2.11. The van der Waals surface area contributed by atoms with Gasteiger partial charge in [0.1, 0.15) is 11.1 Å². The fourth-order valence-corrected chi connectivity index (χ4v) is 3.64. The summed E-state index contributed by atoms with van der Waals surface area (Å²) in [7, 11) is 0. The lowest BCUT2D eigenvalue weighted by atomic mass is 10.1. The third kappa shape index (κ3) is 4.65. The summed E-state index contributed by atoms with van der Waals surface area (Å²) in [5.41, 5.74) is 2.63. The van der Waals surface area contributed by atoms with Crippen molar-refractivity contribution < 1.29 is 4.92 Å². The number of aromatic nitrogens is 1. The third-order valence-corrected chi connectivity index (χ3v) is 5.14. The predicted octanol–water partition coefficient (Wildman–Crippen LogP) is 6.65. The van der Waals surface area contributed by atoms with Crippen molar-refractivity contribution in [1.82, 2.24) is 4.98 Å². The van der Waals surface area contributed by atoms with Crippen molar-refractivity contribution in [2.24, 2.45) is 0 Å². The Morgan fingerprint density at radius 2 is 1.96 bits per heavy atom. The van der Waals surface area contributed by atoms with E-state index in [0.717, 1.165) is 11.1 Å². The monoisotopic (exact) mass is 427 g/mol. The Hall–Kier alpha value is -2.98. The van der Waals surface area contributed by atoms with Gasteiger partial charge in [0.05, 0.1) is 21.2 Å². The molecule has 1 heterocycles. The van der Waals surface area contributed by atoms with Crippen LogP contribution in [0.5, 0.6) is 0 Å². The van der Waals surface area contributed by atoms with Gasteiger partial charge in [0.2, 0.25) is 0 Å². The number of benzene rings is 2. The zero-order valence-corrected chi connectivity index (χ0v) is 16.5. The largest absolute Gasteiger partial charge is 0.269 e. The number of hydrogen-bond donors (Lipinski definition) is 0. The van der Waals surface area contributed by atoms with Crippen molar-refractivity contribution in [1.29, 1.82) is 5.26 Å². The fourth-order valence-electron chi connectivity index (χ4n) is 2.34. The van der Waals surface area contributed by atoms with Gasteiger partial charge in [0, 0.05) is 28.1 Å². The summed E-state index contributed by atoms with van der Waals surface area (Å²) in [6.07, 6.45) is 5.11. The molecule has 0 N–H and O–H groups in total. The maximum absolute atomic E-state index is 10.7. The van der Waals surface area contributed by atoms with Crippen LogP contribution < -0.4 is 0 Å². The zero-order valence-electron chi connectivity index (χ0n) is 14.2. The summed E-state index contributed by atoms with van der Waals surface area (Å²) >= 11 is 13.5. The molecule has 5 nitrogen and oxygen atoms in total. The predicted molar refractivity (Wildman–Crippen MR) is 113 cm³/mol. The molecule has 2 aromatic carbocycles. The molecule has 0 atom stereocenters. The molecule has 3 rings (SSSR count). The molecule has 0 aliphatic rings. The van der Waals surface area contributed by atoms with E-state index >= 15 is 0 Å². The quantitative estimate of drug-likeness (QED) is 0.197. The van der Waals surface area contributed by atoms with E-state index in [2.05, 4.69) is 11.1 Å². The van der Waals surface area contributed by atoms with Crippen LogP contribution in [0.4, 0.5) is 5.69 Å². The molecule has 0 unspecified atom stereocenters. The second kappa shape index (κ2) is 8.81. The number of hydrogen-bond acceptors (Lipinski definition) is 5. The minimum Gasteiger partial charge on any atom is -0.258 e. The summed E-state index contributed by atoms with van der Waals surface area (Å²) in [6, 6.07) is 13.4. The third-order valence-electron chi connectivity index (χ3n) is 3.72. The Morgan fingerprint density at radius 1 is 1.21 bits per heavy atom. The summed E-state index contributed by atoms with van der Waals surface area (Å²) in [5, 5.41) is 23.5. The first-order valence-electron chi connectivity index (χ1n) is 7.92. The fraction of sp³-hybridized carbons (Fsp3) is 0. The van der Waals surface area contributed by atoms with Gasteiger partial charge in [-0.1, -0.05) is 35.4 Å². The van der Waals surface area contributed by atoms with Crippen molar-refractivity contribution in [2.45, 2.75) is 0 Å².